The van der Waals surface area contributed by atoms with Crippen LogP contribution in [0.1, 0.15) is 28.8 Å². The fourth-order valence-electron chi connectivity index (χ4n) is 3.90. The molecule has 0 spiro atoms. The minimum Gasteiger partial charge on any atom is -0.330 e. The highest BCUT2D eigenvalue weighted by Gasteiger charge is 2.35. The first-order valence-corrected chi connectivity index (χ1v) is 10.3. The number of carbonyl (C=O) groups excluding carboxylic acids is 2. The second kappa shape index (κ2) is 8.74. The summed E-state index contributed by atoms with van der Waals surface area (Å²) in [6.45, 7) is 3.53. The van der Waals surface area contributed by atoms with Crippen molar-refractivity contribution < 1.29 is 18.9 Å². The van der Waals surface area contributed by atoms with Crippen LogP contribution in [0.2, 0.25) is 0 Å². The molecule has 0 bridgehead atoms. The summed E-state index contributed by atoms with van der Waals surface area (Å²) in [5.74, 6) is -0.130. The Morgan fingerprint density at radius 3 is 2.31 bits per heavy atom. The minimum atomic E-state index is -0.258. The monoisotopic (exact) mass is 396 g/mol. The molecule has 5 nitrogen and oxygen atoms in total. The number of rotatable bonds is 6. The van der Waals surface area contributed by atoms with Gasteiger partial charge in [0.05, 0.1) is 26.2 Å². The van der Waals surface area contributed by atoms with Gasteiger partial charge in [-0.1, -0.05) is 36.4 Å². The number of amides is 2. The van der Waals surface area contributed by atoms with E-state index in [0.29, 0.717) is 37.3 Å². The van der Waals surface area contributed by atoms with Crippen LogP contribution in [-0.4, -0.2) is 60.4 Å². The zero-order valence-electron chi connectivity index (χ0n) is 16.5. The van der Waals surface area contributed by atoms with Crippen LogP contribution in [0, 0.1) is 5.82 Å². The smallest absolute Gasteiger partial charge is 0.278 e. The number of benzene rings is 2. The van der Waals surface area contributed by atoms with E-state index in [4.69, 9.17) is 0 Å². The van der Waals surface area contributed by atoms with Crippen molar-refractivity contribution in [2.24, 2.45) is 0 Å². The maximum Gasteiger partial charge on any atom is 0.278 e. The van der Waals surface area contributed by atoms with E-state index in [9.17, 15) is 14.0 Å². The Morgan fingerprint density at radius 1 is 1.00 bits per heavy atom. The summed E-state index contributed by atoms with van der Waals surface area (Å²) in [6.07, 6.45) is 1.99. The molecule has 1 N–H and O–H groups in total. The lowest BCUT2D eigenvalue weighted by atomic mass is 10.1. The molecule has 1 aliphatic carbocycles. The average Bonchev–Trinajstić information content (AvgIpc) is 3.59. The topological polar surface area (TPSA) is 45.1 Å². The molecule has 4 rings (SSSR count). The van der Waals surface area contributed by atoms with Gasteiger partial charge in [0.15, 0.2) is 6.54 Å². The van der Waals surface area contributed by atoms with E-state index in [-0.39, 0.29) is 23.7 Å². The Labute approximate surface area is 170 Å². The first-order valence-electron chi connectivity index (χ1n) is 10.3. The summed E-state index contributed by atoms with van der Waals surface area (Å²) in [5.41, 5.74) is 1.28. The predicted octanol–water partition coefficient (Wildman–Crippen LogP) is 1.36. The number of piperazine rings is 1. The van der Waals surface area contributed by atoms with Crippen LogP contribution in [0.25, 0.3) is 0 Å². The van der Waals surface area contributed by atoms with Crippen LogP contribution < -0.4 is 4.90 Å². The lowest BCUT2D eigenvalue weighted by Gasteiger charge is -2.33. The Hall–Kier alpha value is -2.73. The van der Waals surface area contributed by atoms with Gasteiger partial charge in [0.2, 0.25) is 0 Å². The van der Waals surface area contributed by atoms with Crippen LogP contribution in [0.5, 0.6) is 0 Å². The first-order chi connectivity index (χ1) is 14.1. The molecule has 1 heterocycles. The van der Waals surface area contributed by atoms with Crippen molar-refractivity contribution in [3.8, 4) is 0 Å². The van der Waals surface area contributed by atoms with Crippen LogP contribution in [0.3, 0.4) is 0 Å². The molecule has 1 saturated carbocycles. The quantitative estimate of drug-likeness (QED) is 0.802. The van der Waals surface area contributed by atoms with Crippen LogP contribution in [-0.2, 0) is 11.3 Å². The Morgan fingerprint density at radius 2 is 1.66 bits per heavy atom. The van der Waals surface area contributed by atoms with Gasteiger partial charge in [0.25, 0.3) is 11.8 Å². The number of hydrogen-bond donors (Lipinski definition) is 1. The van der Waals surface area contributed by atoms with E-state index in [2.05, 4.69) is 0 Å². The van der Waals surface area contributed by atoms with Gasteiger partial charge in [-0.2, -0.15) is 0 Å². The molecule has 2 aromatic rings. The van der Waals surface area contributed by atoms with E-state index in [0.717, 1.165) is 25.9 Å². The van der Waals surface area contributed by atoms with Gasteiger partial charge in [-0.3, -0.25) is 9.59 Å². The number of hydrogen-bond acceptors (Lipinski definition) is 2. The summed E-state index contributed by atoms with van der Waals surface area (Å²) in [5, 5.41) is 0. The molecule has 0 radical (unpaired) electrons. The second-order valence-corrected chi connectivity index (χ2v) is 7.93. The van der Waals surface area contributed by atoms with E-state index >= 15 is 0 Å². The number of halogens is 1. The zero-order chi connectivity index (χ0) is 20.2. The summed E-state index contributed by atoms with van der Waals surface area (Å²) >= 11 is 0. The van der Waals surface area contributed by atoms with Crippen molar-refractivity contribution in [1.82, 2.24) is 9.80 Å². The Bertz CT molecular complexity index is 861. The third-order valence-corrected chi connectivity index (χ3v) is 5.79. The predicted molar refractivity (Wildman–Crippen MR) is 108 cm³/mol. The van der Waals surface area contributed by atoms with E-state index in [1.165, 1.54) is 11.0 Å². The molecule has 2 amide bonds. The lowest BCUT2D eigenvalue weighted by molar-refractivity contribution is -0.896. The van der Waals surface area contributed by atoms with Crippen molar-refractivity contribution in [3.63, 3.8) is 0 Å². The average molecular weight is 396 g/mol. The molecule has 0 aromatic heterocycles. The van der Waals surface area contributed by atoms with Gasteiger partial charge in [0.1, 0.15) is 5.82 Å². The number of nitrogens with zero attached hydrogens (tertiary/aromatic N) is 2. The van der Waals surface area contributed by atoms with Crippen LogP contribution in [0.15, 0.2) is 54.6 Å². The third kappa shape index (κ3) is 4.82. The molecule has 2 aliphatic rings. The number of nitrogens with one attached hydrogen (secondary N) is 1. The maximum atomic E-state index is 14.0. The number of quaternary nitrogens is 1. The molecule has 6 heteroatoms. The summed E-state index contributed by atoms with van der Waals surface area (Å²) in [7, 11) is 0. The molecule has 1 saturated heterocycles. The lowest BCUT2D eigenvalue weighted by Crippen LogP contribution is -3.15. The molecule has 152 valence electrons. The van der Waals surface area contributed by atoms with E-state index in [1.807, 2.05) is 46.2 Å². The van der Waals surface area contributed by atoms with Crippen molar-refractivity contribution >= 4 is 11.8 Å². The summed E-state index contributed by atoms with van der Waals surface area (Å²) < 4.78 is 14.0. The first kappa shape index (κ1) is 19.6. The van der Waals surface area contributed by atoms with Crippen molar-refractivity contribution in [2.75, 3.05) is 32.7 Å². The van der Waals surface area contributed by atoms with E-state index in [1.54, 1.807) is 12.1 Å². The standard InChI is InChI=1S/C23H26FN3O2/c24-21-9-5-4-8-19(21)16-27(20-10-11-20)22(28)17-25-12-14-26(15-13-25)23(29)18-6-2-1-3-7-18/h1-9,20H,10-17H2/p+1. The summed E-state index contributed by atoms with van der Waals surface area (Å²) in [4.78, 5) is 30.4. The van der Waals surface area contributed by atoms with Gasteiger partial charge in [-0.15, -0.1) is 0 Å². The Kier molecular flexibility index (Phi) is 5.90. The molecule has 29 heavy (non-hydrogen) atoms. The van der Waals surface area contributed by atoms with Gasteiger partial charge in [-0.05, 0) is 31.0 Å². The minimum absolute atomic E-state index is 0.0511. The highest BCUT2D eigenvalue weighted by molar-refractivity contribution is 5.94. The van der Waals surface area contributed by atoms with Gasteiger partial charge < -0.3 is 14.7 Å². The maximum absolute atomic E-state index is 14.0. The Balaban J connectivity index is 1.32. The highest BCUT2D eigenvalue weighted by atomic mass is 19.1. The summed E-state index contributed by atoms with van der Waals surface area (Å²) in [6, 6.07) is 16.2. The SMILES string of the molecule is O=C(c1ccccc1)N1CC[NH+](CC(=O)N(Cc2ccccc2F)C2CC2)CC1. The molecule has 2 fully saturated rings. The molecule has 0 atom stereocenters. The molecule has 0 unspecified atom stereocenters. The van der Waals surface area contributed by atoms with Crippen LogP contribution in [0.4, 0.5) is 4.39 Å². The van der Waals surface area contributed by atoms with Crippen molar-refractivity contribution in [3.05, 3.63) is 71.5 Å². The molecular formula is C23H27FN3O2+. The molecule has 1 aliphatic heterocycles. The number of carbonyl (C=O) groups is 2. The fourth-order valence-corrected chi connectivity index (χ4v) is 3.90. The van der Waals surface area contributed by atoms with Crippen molar-refractivity contribution in [2.45, 2.75) is 25.4 Å². The third-order valence-electron chi connectivity index (χ3n) is 5.79. The molecular weight excluding hydrogens is 369 g/mol. The molecule has 2 aromatic carbocycles. The normalized spacial score (nSPS) is 17.2. The second-order valence-electron chi connectivity index (χ2n) is 7.93. The van der Waals surface area contributed by atoms with E-state index < -0.39 is 0 Å². The van der Waals surface area contributed by atoms with Gasteiger partial charge in [-0.25, -0.2) is 4.39 Å². The van der Waals surface area contributed by atoms with Gasteiger partial charge in [0, 0.05) is 23.7 Å². The van der Waals surface area contributed by atoms with Crippen LogP contribution >= 0.6 is 0 Å². The van der Waals surface area contributed by atoms with Gasteiger partial charge >= 0.3 is 0 Å². The van der Waals surface area contributed by atoms with Crippen molar-refractivity contribution in [1.29, 1.82) is 0 Å². The largest absolute Gasteiger partial charge is 0.330 e. The fraction of sp³-hybridized carbons (Fsp3) is 0.391. The zero-order valence-corrected chi connectivity index (χ0v) is 16.5. The highest BCUT2D eigenvalue weighted by Crippen LogP contribution is 2.28.